The number of carbonyl (C=O) groups is 2. The highest BCUT2D eigenvalue weighted by molar-refractivity contribution is 7.14. The van der Waals surface area contributed by atoms with Crippen LogP contribution in [0.25, 0.3) is 0 Å². The van der Waals surface area contributed by atoms with Crippen molar-refractivity contribution in [3.63, 3.8) is 0 Å². The standard InChI is InChI=1S/C20H22N2O2S/c1-21(2)20(24)18-11-14-12-22(10-9-17(14)25-18)19(23)16-8-7-13-5-3-4-6-15(13)16/h3-6,11,16H,7-10,12H2,1-2H3/t16-/m1/s1. The van der Waals surface area contributed by atoms with Crippen LogP contribution in [0.1, 0.15) is 43.6 Å². The first-order valence-corrected chi connectivity index (χ1v) is 9.56. The van der Waals surface area contributed by atoms with E-state index in [0.29, 0.717) is 6.54 Å². The first-order chi connectivity index (χ1) is 12.0. The van der Waals surface area contributed by atoms with Gasteiger partial charge in [0.15, 0.2) is 0 Å². The number of amides is 2. The highest BCUT2D eigenvalue weighted by Crippen LogP contribution is 2.36. The topological polar surface area (TPSA) is 40.6 Å². The van der Waals surface area contributed by atoms with Crippen LogP contribution in [0, 0.1) is 0 Å². The summed E-state index contributed by atoms with van der Waals surface area (Å²) in [4.78, 5) is 30.9. The minimum Gasteiger partial charge on any atom is -0.344 e. The van der Waals surface area contributed by atoms with Crippen molar-refractivity contribution in [1.29, 1.82) is 0 Å². The Kier molecular flexibility index (Phi) is 4.12. The zero-order valence-electron chi connectivity index (χ0n) is 14.6. The smallest absolute Gasteiger partial charge is 0.263 e. The van der Waals surface area contributed by atoms with E-state index < -0.39 is 0 Å². The second-order valence-corrected chi connectivity index (χ2v) is 8.20. The fraction of sp³-hybridized carbons (Fsp3) is 0.400. The summed E-state index contributed by atoms with van der Waals surface area (Å²) in [5, 5.41) is 0. The number of thiophene rings is 1. The summed E-state index contributed by atoms with van der Waals surface area (Å²) < 4.78 is 0. The Bertz CT molecular complexity index is 840. The summed E-state index contributed by atoms with van der Waals surface area (Å²) >= 11 is 1.58. The minimum atomic E-state index is -0.000682. The van der Waals surface area contributed by atoms with E-state index in [4.69, 9.17) is 0 Å². The molecule has 1 atom stereocenters. The average Bonchev–Trinajstić information content (AvgIpc) is 3.23. The highest BCUT2D eigenvalue weighted by Gasteiger charge is 2.33. The van der Waals surface area contributed by atoms with Gasteiger partial charge in [-0.15, -0.1) is 11.3 Å². The third kappa shape index (κ3) is 2.86. The van der Waals surface area contributed by atoms with E-state index in [9.17, 15) is 9.59 Å². The lowest BCUT2D eigenvalue weighted by Crippen LogP contribution is -2.38. The van der Waals surface area contributed by atoms with E-state index in [0.717, 1.165) is 36.2 Å². The molecule has 0 radical (unpaired) electrons. The number of fused-ring (bicyclic) bond motifs is 2. The maximum absolute atomic E-state index is 13.1. The molecule has 130 valence electrons. The quantitative estimate of drug-likeness (QED) is 0.832. The Morgan fingerprint density at radius 2 is 1.96 bits per heavy atom. The largest absolute Gasteiger partial charge is 0.344 e. The lowest BCUT2D eigenvalue weighted by Gasteiger charge is -2.29. The Balaban J connectivity index is 1.53. The van der Waals surface area contributed by atoms with Gasteiger partial charge in [-0.3, -0.25) is 9.59 Å². The molecule has 2 aromatic rings. The van der Waals surface area contributed by atoms with Gasteiger partial charge in [-0.2, -0.15) is 0 Å². The summed E-state index contributed by atoms with van der Waals surface area (Å²) in [5.41, 5.74) is 3.65. The molecule has 1 aromatic heterocycles. The number of aryl methyl sites for hydroxylation is 1. The predicted molar refractivity (Wildman–Crippen MR) is 99.0 cm³/mol. The van der Waals surface area contributed by atoms with Gasteiger partial charge in [0.25, 0.3) is 5.91 Å². The molecule has 2 heterocycles. The highest BCUT2D eigenvalue weighted by atomic mass is 32.1. The summed E-state index contributed by atoms with van der Waals surface area (Å²) in [5.74, 6) is 0.281. The molecule has 4 rings (SSSR count). The van der Waals surface area contributed by atoms with Gasteiger partial charge >= 0.3 is 0 Å². The van der Waals surface area contributed by atoms with E-state index in [1.165, 1.54) is 16.0 Å². The second kappa shape index (κ2) is 6.30. The normalized spacial score (nSPS) is 18.6. The molecule has 0 fully saturated rings. The van der Waals surface area contributed by atoms with Crippen LogP contribution >= 0.6 is 11.3 Å². The van der Waals surface area contributed by atoms with Gasteiger partial charge in [0, 0.05) is 32.1 Å². The van der Waals surface area contributed by atoms with Crippen molar-refractivity contribution >= 4 is 23.2 Å². The Morgan fingerprint density at radius 3 is 2.76 bits per heavy atom. The van der Waals surface area contributed by atoms with E-state index in [1.54, 1.807) is 30.3 Å². The number of carbonyl (C=O) groups excluding carboxylic acids is 2. The van der Waals surface area contributed by atoms with Crippen LogP contribution in [0.15, 0.2) is 30.3 Å². The predicted octanol–water partition coefficient (Wildman–Crippen LogP) is 3.06. The van der Waals surface area contributed by atoms with E-state index >= 15 is 0 Å². The molecule has 2 aliphatic rings. The Morgan fingerprint density at radius 1 is 1.16 bits per heavy atom. The molecule has 0 N–H and O–H groups in total. The first kappa shape index (κ1) is 16.3. The van der Waals surface area contributed by atoms with Gasteiger partial charge < -0.3 is 9.80 Å². The maximum atomic E-state index is 13.1. The van der Waals surface area contributed by atoms with Crippen molar-refractivity contribution in [3.8, 4) is 0 Å². The van der Waals surface area contributed by atoms with Gasteiger partial charge in [-0.05, 0) is 42.0 Å². The molecule has 0 unspecified atom stereocenters. The summed E-state index contributed by atoms with van der Waals surface area (Å²) in [7, 11) is 3.54. The minimum absolute atomic E-state index is 0.000682. The van der Waals surface area contributed by atoms with Crippen molar-refractivity contribution in [2.45, 2.75) is 31.7 Å². The molecule has 1 aliphatic carbocycles. The molecule has 25 heavy (non-hydrogen) atoms. The number of benzene rings is 1. The first-order valence-electron chi connectivity index (χ1n) is 8.74. The average molecular weight is 354 g/mol. The van der Waals surface area contributed by atoms with Gasteiger partial charge in [-0.25, -0.2) is 0 Å². The van der Waals surface area contributed by atoms with Crippen LogP contribution in [-0.2, 0) is 24.2 Å². The third-order valence-electron chi connectivity index (χ3n) is 5.23. The van der Waals surface area contributed by atoms with E-state index in [-0.39, 0.29) is 17.7 Å². The van der Waals surface area contributed by atoms with Gasteiger partial charge in [0.05, 0.1) is 10.8 Å². The van der Waals surface area contributed by atoms with E-state index in [2.05, 4.69) is 12.1 Å². The zero-order valence-corrected chi connectivity index (χ0v) is 15.4. The van der Waals surface area contributed by atoms with Crippen LogP contribution in [-0.4, -0.2) is 42.3 Å². The van der Waals surface area contributed by atoms with Crippen LogP contribution in [0.5, 0.6) is 0 Å². The third-order valence-corrected chi connectivity index (χ3v) is 6.45. The lowest BCUT2D eigenvalue weighted by molar-refractivity contribution is -0.133. The molecule has 1 aliphatic heterocycles. The van der Waals surface area contributed by atoms with Crippen molar-refractivity contribution < 1.29 is 9.59 Å². The summed E-state index contributed by atoms with van der Waals surface area (Å²) in [6, 6.07) is 10.3. The SMILES string of the molecule is CN(C)C(=O)c1cc2c(s1)CCN(C(=O)[C@@H]1CCc3ccccc31)C2. The van der Waals surface area contributed by atoms with Gasteiger partial charge in [-0.1, -0.05) is 24.3 Å². The molecule has 4 nitrogen and oxygen atoms in total. The molecule has 0 spiro atoms. The van der Waals surface area contributed by atoms with Crippen LogP contribution in [0.4, 0.5) is 0 Å². The fourth-order valence-electron chi connectivity index (χ4n) is 3.88. The number of nitrogens with zero attached hydrogens (tertiary/aromatic N) is 2. The van der Waals surface area contributed by atoms with Crippen LogP contribution in [0.2, 0.25) is 0 Å². The van der Waals surface area contributed by atoms with Crippen molar-refractivity contribution in [1.82, 2.24) is 9.80 Å². The maximum Gasteiger partial charge on any atom is 0.263 e. The lowest BCUT2D eigenvalue weighted by atomic mass is 9.98. The number of hydrogen-bond acceptors (Lipinski definition) is 3. The molecule has 5 heteroatoms. The van der Waals surface area contributed by atoms with Crippen molar-refractivity contribution in [2.75, 3.05) is 20.6 Å². The summed E-state index contributed by atoms with van der Waals surface area (Å²) in [6.07, 6.45) is 2.75. The molecule has 1 aromatic carbocycles. The monoisotopic (exact) mass is 354 g/mol. The molecule has 2 amide bonds. The van der Waals surface area contributed by atoms with E-state index in [1.807, 2.05) is 23.1 Å². The van der Waals surface area contributed by atoms with Crippen LogP contribution < -0.4 is 0 Å². The van der Waals surface area contributed by atoms with Crippen molar-refractivity contribution in [3.05, 3.63) is 56.8 Å². The number of rotatable bonds is 2. The molecular formula is C20H22N2O2S. The fourth-order valence-corrected chi connectivity index (χ4v) is 5.07. The Hall–Kier alpha value is -2.14. The molecular weight excluding hydrogens is 332 g/mol. The zero-order chi connectivity index (χ0) is 17.6. The molecule has 0 bridgehead atoms. The molecule has 0 saturated heterocycles. The van der Waals surface area contributed by atoms with Crippen LogP contribution in [0.3, 0.4) is 0 Å². The Labute approximate surface area is 152 Å². The van der Waals surface area contributed by atoms with Crippen molar-refractivity contribution in [2.24, 2.45) is 0 Å². The summed E-state index contributed by atoms with van der Waals surface area (Å²) in [6.45, 7) is 1.38. The van der Waals surface area contributed by atoms with Gasteiger partial charge in [0.2, 0.25) is 5.91 Å². The second-order valence-electron chi connectivity index (χ2n) is 7.06. The number of hydrogen-bond donors (Lipinski definition) is 0. The molecule has 0 saturated carbocycles. The van der Waals surface area contributed by atoms with Gasteiger partial charge in [0.1, 0.15) is 0 Å².